The molecule has 92 valence electrons. The molecule has 7 heteroatoms. The van der Waals surface area contributed by atoms with E-state index in [4.69, 9.17) is 5.11 Å². The minimum atomic E-state index is -1.06. The van der Waals surface area contributed by atoms with E-state index in [0.717, 1.165) is 11.5 Å². The van der Waals surface area contributed by atoms with Crippen LogP contribution in [-0.4, -0.2) is 44.6 Å². The Bertz CT molecular complexity index is 430. The number of amides is 1. The lowest BCUT2D eigenvalue weighted by atomic mass is 10.2. The molecular formula is C10H13N3O3S. The molecule has 1 N–H and O–H groups in total. The molecule has 0 radical (unpaired) electrons. The molecule has 1 aromatic heterocycles. The molecule has 0 saturated carbocycles. The largest absolute Gasteiger partial charge is 0.480 e. The van der Waals surface area contributed by atoms with Gasteiger partial charge >= 0.3 is 5.97 Å². The van der Waals surface area contributed by atoms with E-state index >= 15 is 0 Å². The summed E-state index contributed by atoms with van der Waals surface area (Å²) in [6, 6.07) is 0. The van der Waals surface area contributed by atoms with Gasteiger partial charge in [0.2, 0.25) is 0 Å². The molecule has 0 bridgehead atoms. The number of hydrogen-bond acceptors (Lipinski definition) is 5. The number of carboxylic acid groups (broad SMARTS) is 1. The zero-order valence-corrected chi connectivity index (χ0v) is 10.2. The number of aliphatic carboxylic acids is 1. The molecule has 1 rings (SSSR count). The fourth-order valence-corrected chi connectivity index (χ4v) is 2.00. The number of carbonyl (C=O) groups is 2. The number of hydrogen-bond donors (Lipinski definition) is 1. The fourth-order valence-electron chi connectivity index (χ4n) is 1.28. The molecule has 0 aromatic carbocycles. The summed E-state index contributed by atoms with van der Waals surface area (Å²) in [6.45, 7) is 5.19. The maximum Gasteiger partial charge on any atom is 0.323 e. The molecule has 1 aromatic rings. The topological polar surface area (TPSA) is 83.4 Å². The van der Waals surface area contributed by atoms with Crippen molar-refractivity contribution in [3.05, 3.63) is 23.2 Å². The Labute approximate surface area is 103 Å². The summed E-state index contributed by atoms with van der Waals surface area (Å²) >= 11 is 0.984. The van der Waals surface area contributed by atoms with Crippen LogP contribution in [0.5, 0.6) is 0 Å². The first-order chi connectivity index (χ1) is 8.10. The summed E-state index contributed by atoms with van der Waals surface area (Å²) in [5.74, 6) is -1.42. The predicted molar refractivity (Wildman–Crippen MR) is 63.0 cm³/mol. The summed E-state index contributed by atoms with van der Waals surface area (Å²) < 4.78 is 3.71. The van der Waals surface area contributed by atoms with Crippen LogP contribution in [0.2, 0.25) is 0 Å². The molecular weight excluding hydrogens is 242 g/mol. The highest BCUT2D eigenvalue weighted by atomic mass is 32.1. The van der Waals surface area contributed by atoms with Crippen LogP contribution < -0.4 is 0 Å². The minimum absolute atomic E-state index is 0.187. The molecule has 1 heterocycles. The van der Waals surface area contributed by atoms with E-state index in [2.05, 4.69) is 16.2 Å². The molecule has 1 amide bonds. The first kappa shape index (κ1) is 13.3. The van der Waals surface area contributed by atoms with Crippen LogP contribution in [0.15, 0.2) is 12.7 Å². The third-order valence-electron chi connectivity index (χ3n) is 2.05. The second-order valence-electron chi connectivity index (χ2n) is 3.27. The Morgan fingerprint density at radius 2 is 2.29 bits per heavy atom. The molecule has 0 atom stereocenters. The lowest BCUT2D eigenvalue weighted by Gasteiger charge is -2.17. The normalized spacial score (nSPS) is 9.94. The zero-order valence-electron chi connectivity index (χ0n) is 9.42. The third kappa shape index (κ3) is 3.35. The standard InChI is InChI=1S/C10H13N3O3S/c1-3-5-13(6-8(14)15)10(16)9-7(4-2)11-12-17-9/h3H,1,4-6H2,2H3,(H,14,15). The van der Waals surface area contributed by atoms with Crippen LogP contribution in [0.4, 0.5) is 0 Å². The van der Waals surface area contributed by atoms with Crippen molar-refractivity contribution in [3.8, 4) is 0 Å². The van der Waals surface area contributed by atoms with Crippen molar-refractivity contribution in [1.82, 2.24) is 14.5 Å². The SMILES string of the molecule is C=CCN(CC(=O)O)C(=O)c1snnc1CC. The van der Waals surface area contributed by atoms with Crippen LogP contribution in [0, 0.1) is 0 Å². The summed E-state index contributed by atoms with van der Waals surface area (Å²) in [7, 11) is 0. The van der Waals surface area contributed by atoms with E-state index in [-0.39, 0.29) is 19.0 Å². The van der Waals surface area contributed by atoms with Gasteiger partial charge in [-0.1, -0.05) is 17.5 Å². The molecule has 0 aliphatic heterocycles. The van der Waals surface area contributed by atoms with Gasteiger partial charge in [0.1, 0.15) is 11.4 Å². The average Bonchev–Trinajstić information content (AvgIpc) is 2.74. The highest BCUT2D eigenvalue weighted by Crippen LogP contribution is 2.14. The van der Waals surface area contributed by atoms with Gasteiger partial charge < -0.3 is 10.0 Å². The van der Waals surface area contributed by atoms with Crippen molar-refractivity contribution in [2.45, 2.75) is 13.3 Å². The number of nitrogens with zero attached hydrogens (tertiary/aromatic N) is 3. The lowest BCUT2D eigenvalue weighted by molar-refractivity contribution is -0.137. The maximum absolute atomic E-state index is 12.1. The van der Waals surface area contributed by atoms with E-state index in [0.29, 0.717) is 17.0 Å². The fraction of sp³-hybridized carbons (Fsp3) is 0.400. The van der Waals surface area contributed by atoms with Crippen LogP contribution >= 0.6 is 11.5 Å². The first-order valence-corrected chi connectivity index (χ1v) is 5.80. The molecule has 0 saturated heterocycles. The van der Waals surface area contributed by atoms with Crippen LogP contribution in [0.3, 0.4) is 0 Å². The van der Waals surface area contributed by atoms with Gasteiger partial charge in [0.15, 0.2) is 0 Å². The van der Waals surface area contributed by atoms with Gasteiger partial charge in [-0.25, -0.2) is 0 Å². The van der Waals surface area contributed by atoms with Gasteiger partial charge in [-0.3, -0.25) is 9.59 Å². The second kappa shape index (κ2) is 6.09. The van der Waals surface area contributed by atoms with Crippen LogP contribution in [-0.2, 0) is 11.2 Å². The number of rotatable bonds is 6. The Morgan fingerprint density at radius 1 is 1.59 bits per heavy atom. The Kier molecular flexibility index (Phi) is 4.77. The molecule has 0 spiro atoms. The summed E-state index contributed by atoms with van der Waals surface area (Å²) in [5.41, 5.74) is 0.597. The summed E-state index contributed by atoms with van der Waals surface area (Å²) in [5, 5.41) is 12.6. The van der Waals surface area contributed by atoms with Crippen molar-refractivity contribution in [2.24, 2.45) is 0 Å². The molecule has 0 aliphatic carbocycles. The van der Waals surface area contributed by atoms with Crippen molar-refractivity contribution >= 4 is 23.4 Å². The van der Waals surface area contributed by atoms with Crippen molar-refractivity contribution in [2.75, 3.05) is 13.1 Å². The number of carbonyl (C=O) groups excluding carboxylic acids is 1. The van der Waals surface area contributed by atoms with E-state index in [9.17, 15) is 9.59 Å². The molecule has 6 nitrogen and oxygen atoms in total. The molecule has 0 aliphatic rings. The smallest absolute Gasteiger partial charge is 0.323 e. The van der Waals surface area contributed by atoms with E-state index in [1.165, 1.54) is 11.0 Å². The minimum Gasteiger partial charge on any atom is -0.480 e. The van der Waals surface area contributed by atoms with Crippen LogP contribution in [0.25, 0.3) is 0 Å². The van der Waals surface area contributed by atoms with E-state index < -0.39 is 5.97 Å². The Balaban J connectivity index is 2.90. The number of aromatic nitrogens is 2. The van der Waals surface area contributed by atoms with E-state index in [1.54, 1.807) is 0 Å². The van der Waals surface area contributed by atoms with Gasteiger partial charge in [-0.05, 0) is 18.0 Å². The van der Waals surface area contributed by atoms with Gasteiger partial charge in [0, 0.05) is 6.54 Å². The number of carboxylic acids is 1. The van der Waals surface area contributed by atoms with Gasteiger partial charge in [-0.15, -0.1) is 11.7 Å². The molecule has 0 fully saturated rings. The summed E-state index contributed by atoms with van der Waals surface area (Å²) in [6.07, 6.45) is 2.08. The predicted octanol–water partition coefficient (Wildman–Crippen LogP) is 0.813. The average molecular weight is 255 g/mol. The first-order valence-electron chi connectivity index (χ1n) is 5.03. The highest BCUT2D eigenvalue weighted by Gasteiger charge is 2.22. The van der Waals surface area contributed by atoms with Crippen molar-refractivity contribution in [1.29, 1.82) is 0 Å². The Morgan fingerprint density at radius 3 is 2.82 bits per heavy atom. The van der Waals surface area contributed by atoms with E-state index in [1.807, 2.05) is 6.92 Å². The third-order valence-corrected chi connectivity index (χ3v) is 2.80. The van der Waals surface area contributed by atoms with Gasteiger partial charge in [-0.2, -0.15) is 0 Å². The van der Waals surface area contributed by atoms with Gasteiger partial charge in [0.05, 0.1) is 5.69 Å². The highest BCUT2D eigenvalue weighted by molar-refractivity contribution is 7.08. The van der Waals surface area contributed by atoms with Crippen molar-refractivity contribution in [3.63, 3.8) is 0 Å². The maximum atomic E-state index is 12.1. The second-order valence-corrected chi connectivity index (χ2v) is 4.02. The number of aryl methyl sites for hydroxylation is 1. The molecule has 0 unspecified atom stereocenters. The monoisotopic (exact) mass is 255 g/mol. The quantitative estimate of drug-likeness (QED) is 0.761. The zero-order chi connectivity index (χ0) is 12.8. The summed E-state index contributed by atoms with van der Waals surface area (Å²) in [4.78, 5) is 24.3. The van der Waals surface area contributed by atoms with Crippen molar-refractivity contribution < 1.29 is 14.7 Å². The lowest BCUT2D eigenvalue weighted by Crippen LogP contribution is -2.35. The van der Waals surface area contributed by atoms with Crippen LogP contribution in [0.1, 0.15) is 22.3 Å². The van der Waals surface area contributed by atoms with Gasteiger partial charge in [0.25, 0.3) is 5.91 Å². The molecule has 17 heavy (non-hydrogen) atoms. The Hall–Kier alpha value is -1.76.